The molecule has 0 aliphatic heterocycles. The maximum Gasteiger partial charge on any atom is 0.243 e. The zero-order valence-corrected chi connectivity index (χ0v) is 12.9. The molecular weight excluding hydrogens is 314 g/mol. The fourth-order valence-electron chi connectivity index (χ4n) is 1.90. The van der Waals surface area contributed by atoms with Gasteiger partial charge in [0.1, 0.15) is 29.2 Å². The van der Waals surface area contributed by atoms with Crippen LogP contribution in [0.15, 0.2) is 29.7 Å². The summed E-state index contributed by atoms with van der Waals surface area (Å²) in [4.78, 5) is 3.08. The molecule has 1 heterocycles. The van der Waals surface area contributed by atoms with Gasteiger partial charge >= 0.3 is 0 Å². The van der Waals surface area contributed by atoms with Crippen LogP contribution in [0.2, 0.25) is 0 Å². The predicted molar refractivity (Wildman–Crippen MR) is 75.5 cm³/mol. The molecule has 0 aliphatic rings. The Bertz CT molecular complexity index is 748. The second-order valence-electron chi connectivity index (χ2n) is 5.00. The summed E-state index contributed by atoms with van der Waals surface area (Å²) in [7, 11) is -4.13. The molecule has 9 heteroatoms. The number of hydrogen-bond donors (Lipinski definition) is 1. The summed E-state index contributed by atoms with van der Waals surface area (Å²) in [5, 5.41) is 3.90. The van der Waals surface area contributed by atoms with Gasteiger partial charge in [-0.25, -0.2) is 26.9 Å². The van der Waals surface area contributed by atoms with E-state index in [0.717, 1.165) is 6.07 Å². The summed E-state index contributed by atoms with van der Waals surface area (Å²) in [5.41, 5.74) is 0.0516. The number of nitrogens with zero attached hydrogens (tertiary/aromatic N) is 3. The van der Waals surface area contributed by atoms with E-state index < -0.39 is 32.6 Å². The Labute approximate surface area is 127 Å². The second-order valence-corrected chi connectivity index (χ2v) is 6.68. The van der Waals surface area contributed by atoms with E-state index >= 15 is 0 Å². The largest absolute Gasteiger partial charge is 0.253 e. The van der Waals surface area contributed by atoms with Crippen molar-refractivity contribution in [1.29, 1.82) is 0 Å². The van der Waals surface area contributed by atoms with Crippen molar-refractivity contribution in [1.82, 2.24) is 19.5 Å². The summed E-state index contributed by atoms with van der Waals surface area (Å²) >= 11 is 0. The highest BCUT2D eigenvalue weighted by Gasteiger charge is 2.23. The molecule has 2 rings (SSSR count). The maximum atomic E-state index is 13.8. The van der Waals surface area contributed by atoms with Crippen molar-refractivity contribution in [3.05, 3.63) is 42.0 Å². The molecule has 0 bridgehead atoms. The van der Waals surface area contributed by atoms with Crippen molar-refractivity contribution in [2.24, 2.45) is 0 Å². The molecule has 22 heavy (non-hydrogen) atoms. The molecule has 1 atom stereocenters. The summed E-state index contributed by atoms with van der Waals surface area (Å²) in [5.74, 6) is -1.74. The van der Waals surface area contributed by atoms with Gasteiger partial charge in [0.2, 0.25) is 10.0 Å². The summed E-state index contributed by atoms with van der Waals surface area (Å²) in [6.45, 7) is 3.45. The highest BCUT2D eigenvalue weighted by Crippen LogP contribution is 2.19. The van der Waals surface area contributed by atoms with Gasteiger partial charge in [0, 0.05) is 12.6 Å². The average Bonchev–Trinajstić information content (AvgIpc) is 2.93. The van der Waals surface area contributed by atoms with E-state index in [1.165, 1.54) is 19.6 Å². The zero-order valence-electron chi connectivity index (χ0n) is 12.1. The Morgan fingerprint density at radius 2 is 2.05 bits per heavy atom. The summed E-state index contributed by atoms with van der Waals surface area (Å²) in [6.07, 6.45) is 3.31. The number of sulfonamides is 1. The summed E-state index contributed by atoms with van der Waals surface area (Å²) < 4.78 is 55.4. The zero-order chi connectivity index (χ0) is 16.3. The number of halogens is 2. The molecule has 0 unspecified atom stereocenters. The fourth-order valence-corrected chi connectivity index (χ4v) is 3.24. The third-order valence-electron chi connectivity index (χ3n) is 3.12. The Balaban J connectivity index is 2.08. The summed E-state index contributed by atoms with van der Waals surface area (Å²) in [6, 6.07) is 1.08. The first-order chi connectivity index (χ1) is 10.3. The van der Waals surface area contributed by atoms with Crippen LogP contribution in [0, 0.1) is 18.6 Å². The average molecular weight is 330 g/mol. The Morgan fingerprint density at radius 3 is 2.68 bits per heavy atom. The molecule has 0 aliphatic carbocycles. The minimum absolute atomic E-state index is 0.0516. The van der Waals surface area contributed by atoms with Gasteiger partial charge in [0.25, 0.3) is 0 Å². The number of benzene rings is 1. The lowest BCUT2D eigenvalue weighted by Gasteiger charge is -2.15. The van der Waals surface area contributed by atoms with Crippen molar-refractivity contribution >= 4 is 10.0 Å². The van der Waals surface area contributed by atoms with E-state index in [9.17, 15) is 17.2 Å². The van der Waals surface area contributed by atoms with Crippen LogP contribution in [0.4, 0.5) is 8.78 Å². The maximum absolute atomic E-state index is 13.8. The molecule has 1 aromatic heterocycles. The number of rotatable bonds is 6. The minimum atomic E-state index is -4.13. The first kappa shape index (κ1) is 16.5. The van der Waals surface area contributed by atoms with Gasteiger partial charge in [0.05, 0.1) is 0 Å². The van der Waals surface area contributed by atoms with Crippen LogP contribution in [-0.4, -0.2) is 29.2 Å². The molecule has 1 N–H and O–H groups in total. The minimum Gasteiger partial charge on any atom is -0.253 e. The lowest BCUT2D eigenvalue weighted by molar-refractivity contribution is 0.490. The molecular formula is C13H16F2N4O2S. The molecule has 0 saturated carbocycles. The van der Waals surface area contributed by atoms with Gasteiger partial charge in [-0.3, -0.25) is 4.68 Å². The number of nitrogens with one attached hydrogen (secondary N) is 1. The van der Waals surface area contributed by atoms with Crippen molar-refractivity contribution in [2.75, 3.05) is 0 Å². The highest BCUT2D eigenvalue weighted by atomic mass is 32.2. The van der Waals surface area contributed by atoms with Gasteiger partial charge < -0.3 is 0 Å². The third kappa shape index (κ3) is 3.86. The van der Waals surface area contributed by atoms with Crippen molar-refractivity contribution in [2.45, 2.75) is 37.8 Å². The van der Waals surface area contributed by atoms with E-state index in [0.29, 0.717) is 19.0 Å². The van der Waals surface area contributed by atoms with Crippen LogP contribution >= 0.6 is 0 Å². The van der Waals surface area contributed by atoms with Gasteiger partial charge in [-0.1, -0.05) is 0 Å². The van der Waals surface area contributed by atoms with Crippen LogP contribution in [0.1, 0.15) is 18.9 Å². The number of aromatic nitrogens is 3. The third-order valence-corrected chi connectivity index (χ3v) is 4.72. The molecule has 1 aromatic carbocycles. The highest BCUT2D eigenvalue weighted by molar-refractivity contribution is 7.89. The topological polar surface area (TPSA) is 76.9 Å². The molecule has 0 amide bonds. The molecule has 0 saturated heterocycles. The van der Waals surface area contributed by atoms with Crippen LogP contribution < -0.4 is 4.72 Å². The van der Waals surface area contributed by atoms with Crippen molar-refractivity contribution in [3.63, 3.8) is 0 Å². The van der Waals surface area contributed by atoms with Crippen LogP contribution in [0.25, 0.3) is 0 Å². The van der Waals surface area contributed by atoms with E-state index in [2.05, 4.69) is 14.8 Å². The molecule has 2 aromatic rings. The Kier molecular flexibility index (Phi) is 4.87. The predicted octanol–water partition coefficient (Wildman–Crippen LogP) is 1.62. The monoisotopic (exact) mass is 330 g/mol. The van der Waals surface area contributed by atoms with Crippen molar-refractivity contribution < 1.29 is 17.2 Å². The van der Waals surface area contributed by atoms with Crippen LogP contribution in [0.5, 0.6) is 0 Å². The van der Waals surface area contributed by atoms with E-state index in [-0.39, 0.29) is 5.56 Å². The van der Waals surface area contributed by atoms with E-state index in [1.54, 1.807) is 11.6 Å². The normalized spacial score (nSPS) is 13.3. The second kappa shape index (κ2) is 6.49. The first-order valence-corrected chi connectivity index (χ1v) is 8.08. The van der Waals surface area contributed by atoms with Crippen LogP contribution in [0.3, 0.4) is 0 Å². The molecule has 6 nitrogen and oxygen atoms in total. The quantitative estimate of drug-likeness (QED) is 0.873. The Hall–Kier alpha value is -1.87. The standard InChI is InChI=1S/C13H16F2N4O2S/c1-9-5-12(15)13(6-11(9)14)22(20,21)18-10(2)3-4-19-8-16-7-17-19/h5-8,10,18H,3-4H2,1-2H3/t10-/m1/s1. The van der Waals surface area contributed by atoms with Gasteiger partial charge in [-0.2, -0.15) is 5.10 Å². The first-order valence-electron chi connectivity index (χ1n) is 6.60. The fraction of sp³-hybridized carbons (Fsp3) is 0.385. The number of aryl methyl sites for hydroxylation is 2. The van der Waals surface area contributed by atoms with E-state index in [4.69, 9.17) is 0 Å². The lowest BCUT2D eigenvalue weighted by Crippen LogP contribution is -2.34. The SMILES string of the molecule is Cc1cc(F)c(S(=O)(=O)N[C@H](C)CCn2cncn2)cc1F. The smallest absolute Gasteiger partial charge is 0.243 e. The van der Waals surface area contributed by atoms with E-state index in [1.807, 2.05) is 0 Å². The molecule has 0 spiro atoms. The molecule has 0 radical (unpaired) electrons. The van der Waals surface area contributed by atoms with Gasteiger partial charge in [0.15, 0.2) is 0 Å². The Morgan fingerprint density at radius 1 is 1.32 bits per heavy atom. The van der Waals surface area contributed by atoms with Gasteiger partial charge in [-0.05, 0) is 38.0 Å². The molecule has 0 fully saturated rings. The van der Waals surface area contributed by atoms with Crippen LogP contribution in [-0.2, 0) is 16.6 Å². The number of hydrogen-bond acceptors (Lipinski definition) is 4. The van der Waals surface area contributed by atoms with Crippen molar-refractivity contribution in [3.8, 4) is 0 Å². The van der Waals surface area contributed by atoms with Gasteiger partial charge in [-0.15, -0.1) is 0 Å². The molecule has 120 valence electrons. The lowest BCUT2D eigenvalue weighted by atomic mass is 10.2.